The first-order valence-corrected chi connectivity index (χ1v) is 9.64. The number of ether oxygens (including phenoxy) is 2. The molecule has 26 heavy (non-hydrogen) atoms. The van der Waals surface area contributed by atoms with Gasteiger partial charge in [0.15, 0.2) is 0 Å². The van der Waals surface area contributed by atoms with E-state index in [1.165, 1.54) is 16.4 Å². The number of hydrogen-bond donors (Lipinski definition) is 0. The lowest BCUT2D eigenvalue weighted by atomic mass is 10.3. The van der Waals surface area contributed by atoms with Crippen molar-refractivity contribution in [3.63, 3.8) is 0 Å². The predicted octanol–water partition coefficient (Wildman–Crippen LogP) is 2.44. The number of hydrogen-bond acceptors (Lipinski definition) is 6. The van der Waals surface area contributed by atoms with Crippen LogP contribution >= 0.6 is 0 Å². The van der Waals surface area contributed by atoms with Crippen LogP contribution in [0.3, 0.4) is 0 Å². The van der Waals surface area contributed by atoms with E-state index in [4.69, 9.17) is 9.47 Å². The molecule has 0 unspecified atom stereocenters. The summed E-state index contributed by atoms with van der Waals surface area (Å²) in [6, 6.07) is 13.8. The van der Waals surface area contributed by atoms with Gasteiger partial charge in [-0.15, -0.1) is 0 Å². The minimum Gasteiger partial charge on any atom is -0.437 e. The first kappa shape index (κ1) is 16.9. The van der Waals surface area contributed by atoms with Crippen LogP contribution in [0.4, 0.5) is 0 Å². The second-order valence-electron chi connectivity index (χ2n) is 5.79. The molecule has 1 saturated heterocycles. The molecular weight excluding hydrogens is 354 g/mol. The molecule has 0 aliphatic carbocycles. The van der Waals surface area contributed by atoms with E-state index in [-0.39, 0.29) is 4.90 Å². The molecule has 4 rings (SSSR count). The monoisotopic (exact) mass is 371 g/mol. The van der Waals surface area contributed by atoms with E-state index in [1.807, 2.05) is 24.3 Å². The molecule has 7 nitrogen and oxygen atoms in total. The summed E-state index contributed by atoms with van der Waals surface area (Å²) in [4.78, 5) is 8.92. The van der Waals surface area contributed by atoms with Gasteiger partial charge < -0.3 is 9.47 Å². The summed E-state index contributed by atoms with van der Waals surface area (Å²) < 4.78 is 37.6. The third-order valence-corrected chi connectivity index (χ3v) is 5.99. The molecule has 134 valence electrons. The fourth-order valence-electron chi connectivity index (χ4n) is 2.73. The van der Waals surface area contributed by atoms with Crippen LogP contribution in [0.15, 0.2) is 59.6 Å². The Hall–Kier alpha value is -2.55. The van der Waals surface area contributed by atoms with Crippen molar-refractivity contribution in [2.24, 2.45) is 0 Å². The van der Waals surface area contributed by atoms with Crippen LogP contribution in [0.25, 0.3) is 11.0 Å². The van der Waals surface area contributed by atoms with Gasteiger partial charge in [-0.2, -0.15) is 4.31 Å². The van der Waals surface area contributed by atoms with Crippen molar-refractivity contribution in [1.82, 2.24) is 14.3 Å². The van der Waals surface area contributed by atoms with Gasteiger partial charge in [0.2, 0.25) is 15.9 Å². The Labute approximate surface area is 151 Å². The van der Waals surface area contributed by atoms with Gasteiger partial charge in [-0.1, -0.05) is 12.1 Å². The maximum atomic E-state index is 12.6. The number of nitrogens with zero attached hydrogens (tertiary/aromatic N) is 3. The Morgan fingerprint density at radius 1 is 0.962 bits per heavy atom. The lowest BCUT2D eigenvalue weighted by Gasteiger charge is -2.26. The Kier molecular flexibility index (Phi) is 4.54. The van der Waals surface area contributed by atoms with E-state index < -0.39 is 10.0 Å². The van der Waals surface area contributed by atoms with Crippen LogP contribution in [-0.2, 0) is 14.8 Å². The number of para-hydroxylation sites is 2. The van der Waals surface area contributed by atoms with Crippen molar-refractivity contribution in [2.45, 2.75) is 4.90 Å². The van der Waals surface area contributed by atoms with Crippen LogP contribution < -0.4 is 4.74 Å². The zero-order valence-electron chi connectivity index (χ0n) is 13.9. The molecule has 0 amide bonds. The number of benzene rings is 2. The van der Waals surface area contributed by atoms with Crippen LogP contribution in [0.2, 0.25) is 0 Å². The normalized spacial score (nSPS) is 15.8. The maximum Gasteiger partial charge on any atom is 0.243 e. The summed E-state index contributed by atoms with van der Waals surface area (Å²) in [6.07, 6.45) is 1.54. The van der Waals surface area contributed by atoms with Crippen molar-refractivity contribution in [3.05, 3.63) is 54.7 Å². The predicted molar refractivity (Wildman–Crippen MR) is 95.6 cm³/mol. The lowest BCUT2D eigenvalue weighted by molar-refractivity contribution is 0.0730. The number of morpholine rings is 1. The zero-order chi connectivity index (χ0) is 18.0. The molecular formula is C18H17N3O4S. The lowest BCUT2D eigenvalue weighted by Crippen LogP contribution is -2.40. The smallest absolute Gasteiger partial charge is 0.243 e. The number of rotatable bonds is 4. The Morgan fingerprint density at radius 3 is 2.38 bits per heavy atom. The molecule has 0 atom stereocenters. The molecule has 0 N–H and O–H groups in total. The van der Waals surface area contributed by atoms with Crippen LogP contribution in [0.5, 0.6) is 11.6 Å². The molecule has 3 aromatic rings. The van der Waals surface area contributed by atoms with E-state index in [9.17, 15) is 8.42 Å². The molecule has 2 heterocycles. The summed E-state index contributed by atoms with van der Waals surface area (Å²) in [5.74, 6) is 0.850. The first-order chi connectivity index (χ1) is 12.6. The Balaban J connectivity index is 1.53. The Morgan fingerprint density at radius 2 is 1.65 bits per heavy atom. The third-order valence-electron chi connectivity index (χ3n) is 4.08. The maximum absolute atomic E-state index is 12.6. The summed E-state index contributed by atoms with van der Waals surface area (Å²) >= 11 is 0. The molecule has 0 spiro atoms. The standard InChI is InChI=1S/C18H17N3O4S/c22-26(23,21-9-11-24-12-10-21)15-7-5-14(6-8-15)25-18-13-19-16-3-1-2-4-17(16)20-18/h1-8,13H,9-12H2. The highest BCUT2D eigenvalue weighted by atomic mass is 32.2. The molecule has 0 bridgehead atoms. The van der Waals surface area contributed by atoms with Gasteiger partial charge in [0, 0.05) is 13.1 Å². The van der Waals surface area contributed by atoms with Crippen LogP contribution in [-0.4, -0.2) is 49.0 Å². The molecule has 0 saturated carbocycles. The molecule has 2 aromatic carbocycles. The second-order valence-corrected chi connectivity index (χ2v) is 7.72. The second kappa shape index (κ2) is 6.99. The van der Waals surface area contributed by atoms with Gasteiger partial charge in [-0.05, 0) is 36.4 Å². The fourth-order valence-corrected chi connectivity index (χ4v) is 4.13. The van der Waals surface area contributed by atoms with E-state index in [0.717, 1.165) is 11.0 Å². The van der Waals surface area contributed by atoms with Crippen molar-refractivity contribution in [3.8, 4) is 11.6 Å². The number of sulfonamides is 1. The SMILES string of the molecule is O=S(=O)(c1ccc(Oc2cnc3ccccc3n2)cc1)N1CCOCC1. The largest absolute Gasteiger partial charge is 0.437 e. The Bertz CT molecular complexity index is 1020. The average molecular weight is 371 g/mol. The topological polar surface area (TPSA) is 81.6 Å². The summed E-state index contributed by atoms with van der Waals surface area (Å²) in [6.45, 7) is 1.57. The van der Waals surface area contributed by atoms with Gasteiger partial charge in [0.1, 0.15) is 5.75 Å². The third kappa shape index (κ3) is 3.39. The molecule has 1 aliphatic heterocycles. The van der Waals surface area contributed by atoms with E-state index in [1.54, 1.807) is 18.3 Å². The summed E-state index contributed by atoms with van der Waals surface area (Å²) in [5.41, 5.74) is 1.52. The first-order valence-electron chi connectivity index (χ1n) is 8.20. The van der Waals surface area contributed by atoms with Gasteiger partial charge in [-0.25, -0.2) is 18.4 Å². The van der Waals surface area contributed by atoms with Crippen LogP contribution in [0.1, 0.15) is 0 Å². The highest BCUT2D eigenvalue weighted by molar-refractivity contribution is 7.89. The van der Waals surface area contributed by atoms with Crippen molar-refractivity contribution in [2.75, 3.05) is 26.3 Å². The fraction of sp³-hybridized carbons (Fsp3) is 0.222. The van der Waals surface area contributed by atoms with Gasteiger partial charge in [0.25, 0.3) is 0 Å². The van der Waals surface area contributed by atoms with Gasteiger partial charge >= 0.3 is 0 Å². The van der Waals surface area contributed by atoms with Gasteiger partial charge in [-0.3, -0.25) is 0 Å². The van der Waals surface area contributed by atoms with Crippen LogP contribution in [0, 0.1) is 0 Å². The minimum atomic E-state index is -3.51. The van der Waals surface area contributed by atoms with Gasteiger partial charge in [0.05, 0.1) is 35.3 Å². The highest BCUT2D eigenvalue weighted by Crippen LogP contribution is 2.24. The zero-order valence-corrected chi connectivity index (χ0v) is 14.7. The van der Waals surface area contributed by atoms with Crippen molar-refractivity contribution >= 4 is 21.1 Å². The van der Waals surface area contributed by atoms with E-state index >= 15 is 0 Å². The average Bonchev–Trinajstić information content (AvgIpc) is 2.69. The number of aromatic nitrogens is 2. The minimum absolute atomic E-state index is 0.233. The van der Waals surface area contributed by atoms with Crippen molar-refractivity contribution < 1.29 is 17.9 Å². The number of fused-ring (bicyclic) bond motifs is 1. The molecule has 8 heteroatoms. The summed E-state index contributed by atoms with van der Waals surface area (Å²) in [5, 5.41) is 0. The van der Waals surface area contributed by atoms with Crippen molar-refractivity contribution in [1.29, 1.82) is 0 Å². The van der Waals surface area contributed by atoms with E-state index in [2.05, 4.69) is 9.97 Å². The quantitative estimate of drug-likeness (QED) is 0.701. The summed E-state index contributed by atoms with van der Waals surface area (Å²) in [7, 11) is -3.51. The highest BCUT2D eigenvalue weighted by Gasteiger charge is 2.26. The molecule has 1 fully saturated rings. The molecule has 1 aliphatic rings. The van der Waals surface area contributed by atoms with E-state index in [0.29, 0.717) is 37.9 Å². The molecule has 1 aromatic heterocycles. The molecule has 0 radical (unpaired) electrons.